The molecule has 170 valence electrons. The number of unbranched alkanes of at least 4 members (excludes halogenated alkanes) is 1. The van der Waals surface area contributed by atoms with E-state index in [2.05, 4.69) is 27.4 Å². The van der Waals surface area contributed by atoms with Gasteiger partial charge in [-0.15, -0.1) is 5.10 Å². The SMILES string of the molecule is FC(F)(F)c1ccc(-c2ccc(COc3ccc(CCCCn4ccnn4)cc3)cn2)cc1. The van der Waals surface area contributed by atoms with E-state index < -0.39 is 11.7 Å². The molecule has 0 atom stereocenters. The van der Waals surface area contributed by atoms with Gasteiger partial charge in [0.15, 0.2) is 0 Å². The molecule has 0 saturated carbocycles. The smallest absolute Gasteiger partial charge is 0.416 e. The van der Waals surface area contributed by atoms with Crippen molar-refractivity contribution in [3.05, 3.63) is 95.9 Å². The van der Waals surface area contributed by atoms with Crippen LogP contribution in [-0.2, 0) is 25.7 Å². The van der Waals surface area contributed by atoms with Crippen LogP contribution >= 0.6 is 0 Å². The lowest BCUT2D eigenvalue weighted by Gasteiger charge is -2.09. The van der Waals surface area contributed by atoms with Crippen molar-refractivity contribution in [2.45, 2.75) is 38.6 Å². The molecule has 0 aliphatic carbocycles. The van der Waals surface area contributed by atoms with Crippen LogP contribution in [0.15, 0.2) is 79.3 Å². The standard InChI is InChI=1S/C25H23F3N4O/c26-25(27,28)22-9-7-21(8-10-22)24-13-6-20(17-29-24)18-33-23-11-4-19(5-12-23)3-1-2-15-32-16-14-30-31-32/h4-14,16-17H,1-3,15,18H2. The van der Waals surface area contributed by atoms with Crippen LogP contribution in [0, 0.1) is 0 Å². The summed E-state index contributed by atoms with van der Waals surface area (Å²) in [6.07, 6.45) is 3.98. The monoisotopic (exact) mass is 452 g/mol. The summed E-state index contributed by atoms with van der Waals surface area (Å²) in [4.78, 5) is 4.36. The van der Waals surface area contributed by atoms with Crippen molar-refractivity contribution in [3.8, 4) is 17.0 Å². The van der Waals surface area contributed by atoms with Gasteiger partial charge in [0.2, 0.25) is 0 Å². The van der Waals surface area contributed by atoms with Crippen LogP contribution in [0.1, 0.15) is 29.5 Å². The fourth-order valence-electron chi connectivity index (χ4n) is 3.38. The molecule has 2 aromatic carbocycles. The number of hydrogen-bond acceptors (Lipinski definition) is 4. The molecule has 0 spiro atoms. The number of ether oxygens (including phenoxy) is 1. The van der Waals surface area contributed by atoms with Crippen LogP contribution in [0.4, 0.5) is 13.2 Å². The number of nitrogens with zero attached hydrogens (tertiary/aromatic N) is 4. The van der Waals surface area contributed by atoms with Gasteiger partial charge in [0.25, 0.3) is 0 Å². The summed E-state index contributed by atoms with van der Waals surface area (Å²) in [5, 5.41) is 7.75. The molecule has 0 bridgehead atoms. The van der Waals surface area contributed by atoms with Gasteiger partial charge in [0, 0.05) is 30.1 Å². The fourth-order valence-corrected chi connectivity index (χ4v) is 3.38. The number of aryl methyl sites for hydroxylation is 2. The van der Waals surface area contributed by atoms with Crippen molar-refractivity contribution in [2.24, 2.45) is 0 Å². The molecule has 4 rings (SSSR count). The number of benzene rings is 2. The van der Waals surface area contributed by atoms with Gasteiger partial charge in [-0.1, -0.05) is 35.5 Å². The fraction of sp³-hybridized carbons (Fsp3) is 0.240. The van der Waals surface area contributed by atoms with Gasteiger partial charge < -0.3 is 4.74 Å². The first-order valence-corrected chi connectivity index (χ1v) is 10.7. The number of pyridine rings is 1. The van der Waals surface area contributed by atoms with Crippen molar-refractivity contribution in [3.63, 3.8) is 0 Å². The van der Waals surface area contributed by atoms with E-state index in [1.165, 1.54) is 17.7 Å². The van der Waals surface area contributed by atoms with Crippen LogP contribution in [0.3, 0.4) is 0 Å². The average Bonchev–Trinajstić information content (AvgIpc) is 3.35. The molecular weight excluding hydrogens is 429 g/mol. The Kier molecular flexibility index (Phi) is 7.02. The second kappa shape index (κ2) is 10.3. The molecule has 4 aromatic rings. The largest absolute Gasteiger partial charge is 0.489 e. The number of alkyl halides is 3. The summed E-state index contributed by atoms with van der Waals surface area (Å²) in [6, 6.07) is 16.7. The Labute approximate surface area is 189 Å². The Morgan fingerprint density at radius 1 is 0.848 bits per heavy atom. The Hall–Kier alpha value is -3.68. The average molecular weight is 452 g/mol. The minimum Gasteiger partial charge on any atom is -0.489 e. The lowest BCUT2D eigenvalue weighted by molar-refractivity contribution is -0.137. The van der Waals surface area contributed by atoms with Crippen molar-refractivity contribution in [2.75, 3.05) is 0 Å². The molecule has 8 heteroatoms. The van der Waals surface area contributed by atoms with Gasteiger partial charge in [-0.05, 0) is 55.2 Å². The highest BCUT2D eigenvalue weighted by Crippen LogP contribution is 2.30. The first-order chi connectivity index (χ1) is 16.0. The third-order valence-corrected chi connectivity index (χ3v) is 5.24. The van der Waals surface area contributed by atoms with E-state index in [4.69, 9.17) is 4.74 Å². The van der Waals surface area contributed by atoms with Gasteiger partial charge in [0.05, 0.1) is 17.5 Å². The molecule has 0 aliphatic rings. The predicted octanol–water partition coefficient (Wildman–Crippen LogP) is 5.96. The maximum Gasteiger partial charge on any atom is 0.416 e. The molecule has 0 aliphatic heterocycles. The molecular formula is C25H23F3N4O. The van der Waals surface area contributed by atoms with E-state index in [1.54, 1.807) is 18.5 Å². The van der Waals surface area contributed by atoms with E-state index in [0.29, 0.717) is 17.9 Å². The van der Waals surface area contributed by atoms with E-state index >= 15 is 0 Å². The normalized spacial score (nSPS) is 11.5. The number of hydrogen-bond donors (Lipinski definition) is 0. The lowest BCUT2D eigenvalue weighted by atomic mass is 10.1. The molecule has 0 radical (unpaired) electrons. The molecule has 0 amide bonds. The number of halogens is 3. The van der Waals surface area contributed by atoms with Gasteiger partial charge >= 0.3 is 6.18 Å². The minimum atomic E-state index is -4.34. The van der Waals surface area contributed by atoms with Crippen LogP contribution < -0.4 is 4.74 Å². The van der Waals surface area contributed by atoms with Crippen molar-refractivity contribution in [1.29, 1.82) is 0 Å². The summed E-state index contributed by atoms with van der Waals surface area (Å²) in [5.41, 5.74) is 2.70. The molecule has 5 nitrogen and oxygen atoms in total. The summed E-state index contributed by atoms with van der Waals surface area (Å²) in [6.45, 7) is 1.23. The first-order valence-electron chi connectivity index (χ1n) is 10.7. The molecule has 0 saturated heterocycles. The Balaban J connectivity index is 1.24. The maximum atomic E-state index is 12.7. The zero-order valence-electron chi connectivity index (χ0n) is 17.9. The first kappa shape index (κ1) is 22.5. The minimum absolute atomic E-state index is 0.359. The topological polar surface area (TPSA) is 52.8 Å². The van der Waals surface area contributed by atoms with E-state index in [-0.39, 0.29) is 0 Å². The zero-order chi connectivity index (χ0) is 23.1. The molecule has 2 heterocycles. The highest BCUT2D eigenvalue weighted by Gasteiger charge is 2.29. The van der Waals surface area contributed by atoms with Crippen LogP contribution in [0.2, 0.25) is 0 Å². The molecule has 2 aromatic heterocycles. The number of aromatic nitrogens is 4. The van der Waals surface area contributed by atoms with Crippen molar-refractivity contribution >= 4 is 0 Å². The van der Waals surface area contributed by atoms with Crippen LogP contribution in [-0.4, -0.2) is 20.0 Å². The third-order valence-electron chi connectivity index (χ3n) is 5.24. The second-order valence-corrected chi connectivity index (χ2v) is 7.68. The van der Waals surface area contributed by atoms with Crippen molar-refractivity contribution < 1.29 is 17.9 Å². The number of rotatable bonds is 9. The van der Waals surface area contributed by atoms with E-state index in [0.717, 1.165) is 49.3 Å². The second-order valence-electron chi connectivity index (χ2n) is 7.68. The Morgan fingerprint density at radius 3 is 2.24 bits per heavy atom. The summed E-state index contributed by atoms with van der Waals surface area (Å²) >= 11 is 0. The molecule has 33 heavy (non-hydrogen) atoms. The quantitative estimate of drug-likeness (QED) is 0.294. The summed E-state index contributed by atoms with van der Waals surface area (Å²) < 4.78 is 45.8. The molecule has 0 fully saturated rings. The molecule has 0 N–H and O–H groups in total. The maximum absolute atomic E-state index is 12.7. The van der Waals surface area contributed by atoms with E-state index in [9.17, 15) is 13.2 Å². The summed E-state index contributed by atoms with van der Waals surface area (Å²) in [5.74, 6) is 0.771. The van der Waals surface area contributed by atoms with Gasteiger partial charge in [-0.25, -0.2) is 0 Å². The highest BCUT2D eigenvalue weighted by molar-refractivity contribution is 5.59. The van der Waals surface area contributed by atoms with Gasteiger partial charge in [0.1, 0.15) is 12.4 Å². The third kappa shape index (κ3) is 6.41. The Bertz CT molecular complexity index is 1120. The lowest BCUT2D eigenvalue weighted by Crippen LogP contribution is -2.04. The van der Waals surface area contributed by atoms with Gasteiger partial charge in [-0.3, -0.25) is 9.67 Å². The van der Waals surface area contributed by atoms with Crippen LogP contribution in [0.25, 0.3) is 11.3 Å². The highest BCUT2D eigenvalue weighted by atomic mass is 19.4. The summed E-state index contributed by atoms with van der Waals surface area (Å²) in [7, 11) is 0. The van der Waals surface area contributed by atoms with E-state index in [1.807, 2.05) is 29.1 Å². The predicted molar refractivity (Wildman–Crippen MR) is 118 cm³/mol. The Morgan fingerprint density at radius 2 is 1.61 bits per heavy atom. The van der Waals surface area contributed by atoms with Gasteiger partial charge in [-0.2, -0.15) is 13.2 Å². The van der Waals surface area contributed by atoms with Crippen molar-refractivity contribution in [1.82, 2.24) is 20.0 Å². The zero-order valence-corrected chi connectivity index (χ0v) is 17.9. The molecule has 0 unspecified atom stereocenters. The van der Waals surface area contributed by atoms with Crippen LogP contribution in [0.5, 0.6) is 5.75 Å².